The quantitative estimate of drug-likeness (QED) is 0.692. The van der Waals surface area contributed by atoms with Crippen LogP contribution in [0, 0.1) is 11.8 Å². The maximum Gasteiger partial charge on any atom is 0.232 e. The summed E-state index contributed by atoms with van der Waals surface area (Å²) in [5.41, 5.74) is 1.22. The first-order valence-electron chi connectivity index (χ1n) is 7.89. The van der Waals surface area contributed by atoms with Gasteiger partial charge >= 0.3 is 0 Å². The highest BCUT2D eigenvalue weighted by Crippen LogP contribution is 2.23. The highest BCUT2D eigenvalue weighted by Gasteiger charge is 2.15. The van der Waals surface area contributed by atoms with Crippen LogP contribution in [0.15, 0.2) is 55.6 Å². The van der Waals surface area contributed by atoms with Crippen molar-refractivity contribution < 1.29 is 9.53 Å². The van der Waals surface area contributed by atoms with E-state index in [1.54, 1.807) is 30.4 Å². The van der Waals surface area contributed by atoms with Crippen molar-refractivity contribution in [2.24, 2.45) is 11.8 Å². The molecule has 0 fully saturated rings. The fraction of sp³-hybridized carbons (Fsp3) is 0.368. The van der Waals surface area contributed by atoms with Crippen LogP contribution in [-0.4, -0.2) is 22.6 Å². The number of benzene rings is 1. The van der Waals surface area contributed by atoms with Gasteiger partial charge in [0.2, 0.25) is 5.91 Å². The molecule has 0 unspecified atom stereocenters. The third-order valence-electron chi connectivity index (χ3n) is 3.99. The maximum atomic E-state index is 12.1. The van der Waals surface area contributed by atoms with Gasteiger partial charge in [-0.05, 0) is 42.4 Å². The van der Waals surface area contributed by atoms with E-state index < -0.39 is 0 Å². The van der Waals surface area contributed by atoms with E-state index >= 15 is 0 Å². The van der Waals surface area contributed by atoms with Crippen LogP contribution in [0.4, 0.5) is 0 Å². The number of rotatable bonds is 8. The van der Waals surface area contributed by atoms with Gasteiger partial charge in [-0.2, -0.15) is 0 Å². The molecule has 0 amide bonds. The minimum Gasteiger partial charge on any atom is -0.497 e. The Kier molecular flexibility index (Phi) is 6.15. The van der Waals surface area contributed by atoms with Gasteiger partial charge < -0.3 is 4.74 Å². The number of methoxy groups -OCH3 is 1. The molecule has 0 spiro atoms. The first-order chi connectivity index (χ1) is 11.1. The molecule has 0 saturated heterocycles. The summed E-state index contributed by atoms with van der Waals surface area (Å²) in [5.74, 6) is 1.58. The molecule has 0 N–H and O–H groups in total. The Morgan fingerprint density at radius 3 is 2.96 bits per heavy atom. The summed E-state index contributed by atoms with van der Waals surface area (Å²) in [6.07, 6.45) is 9.20. The number of aromatic nitrogens is 2. The molecule has 4 heteroatoms. The second kappa shape index (κ2) is 8.32. The smallest absolute Gasteiger partial charge is 0.232 e. The average molecular weight is 312 g/mol. The Hall–Kier alpha value is -2.36. The molecule has 0 aliphatic carbocycles. The number of allylic oxidation sites excluding steroid dienone is 1. The van der Waals surface area contributed by atoms with Crippen LogP contribution in [0.2, 0.25) is 0 Å². The normalized spacial score (nSPS) is 13.3. The van der Waals surface area contributed by atoms with Crippen LogP contribution in [0.5, 0.6) is 5.75 Å². The zero-order valence-electron chi connectivity index (χ0n) is 13.8. The van der Waals surface area contributed by atoms with Crippen LogP contribution in [0.25, 0.3) is 0 Å². The van der Waals surface area contributed by atoms with E-state index in [9.17, 15) is 4.79 Å². The Balaban J connectivity index is 1.90. The number of hydrogen-bond donors (Lipinski definition) is 0. The standard InChI is InChI=1S/C19H24N2O2/c1-4-16(12-17-6-5-7-18(13-17)23-3)10-15(2)11-19(22)21-9-8-20-14-21/h4-9,13-16H,1,10-12H2,2-3H3/t15-,16+/m1/s1. The largest absolute Gasteiger partial charge is 0.497 e. The summed E-state index contributed by atoms with van der Waals surface area (Å²) >= 11 is 0. The predicted molar refractivity (Wildman–Crippen MR) is 91.6 cm³/mol. The van der Waals surface area contributed by atoms with Gasteiger partial charge in [0.25, 0.3) is 0 Å². The minimum absolute atomic E-state index is 0.0826. The van der Waals surface area contributed by atoms with E-state index in [-0.39, 0.29) is 5.91 Å². The first-order valence-corrected chi connectivity index (χ1v) is 7.89. The van der Waals surface area contributed by atoms with Crippen molar-refractivity contribution in [1.82, 2.24) is 9.55 Å². The second-order valence-corrected chi connectivity index (χ2v) is 5.96. The highest BCUT2D eigenvalue weighted by molar-refractivity contribution is 5.78. The fourth-order valence-corrected chi connectivity index (χ4v) is 2.78. The summed E-state index contributed by atoms with van der Waals surface area (Å²) in [7, 11) is 1.67. The van der Waals surface area contributed by atoms with Gasteiger partial charge in [0.1, 0.15) is 12.1 Å². The first kappa shape index (κ1) is 17.0. The van der Waals surface area contributed by atoms with Crippen molar-refractivity contribution in [3.63, 3.8) is 0 Å². The third kappa shape index (κ3) is 5.09. The summed E-state index contributed by atoms with van der Waals surface area (Å²) < 4.78 is 6.81. The van der Waals surface area contributed by atoms with Gasteiger partial charge in [0.15, 0.2) is 0 Å². The van der Waals surface area contributed by atoms with Crippen molar-refractivity contribution in [3.8, 4) is 5.75 Å². The molecule has 0 aliphatic rings. The topological polar surface area (TPSA) is 44.1 Å². The van der Waals surface area contributed by atoms with E-state index in [0.29, 0.717) is 18.3 Å². The molecule has 2 rings (SSSR count). The van der Waals surface area contributed by atoms with Crippen LogP contribution >= 0.6 is 0 Å². The van der Waals surface area contributed by atoms with E-state index in [4.69, 9.17) is 4.74 Å². The number of nitrogens with zero attached hydrogens (tertiary/aromatic N) is 2. The zero-order valence-corrected chi connectivity index (χ0v) is 13.8. The van der Waals surface area contributed by atoms with Gasteiger partial charge in [0, 0.05) is 18.8 Å². The molecule has 2 aromatic rings. The molecule has 0 radical (unpaired) electrons. The fourth-order valence-electron chi connectivity index (χ4n) is 2.78. The van der Waals surface area contributed by atoms with Gasteiger partial charge in [-0.15, -0.1) is 6.58 Å². The lowest BCUT2D eigenvalue weighted by Gasteiger charge is -2.18. The number of carbonyl (C=O) groups is 1. The molecular formula is C19H24N2O2. The van der Waals surface area contributed by atoms with Crippen molar-refractivity contribution in [3.05, 3.63) is 61.2 Å². The average Bonchev–Trinajstić information content (AvgIpc) is 3.09. The van der Waals surface area contributed by atoms with Crippen molar-refractivity contribution in [2.75, 3.05) is 7.11 Å². The number of carbonyl (C=O) groups excluding carboxylic acids is 1. The van der Waals surface area contributed by atoms with Crippen LogP contribution < -0.4 is 4.74 Å². The Morgan fingerprint density at radius 1 is 1.48 bits per heavy atom. The molecule has 0 aliphatic heterocycles. The van der Waals surface area contributed by atoms with E-state index in [2.05, 4.69) is 30.6 Å². The molecule has 23 heavy (non-hydrogen) atoms. The van der Waals surface area contributed by atoms with Gasteiger partial charge in [-0.3, -0.25) is 9.36 Å². The second-order valence-electron chi connectivity index (χ2n) is 5.96. The molecule has 122 valence electrons. The Morgan fingerprint density at radius 2 is 2.30 bits per heavy atom. The van der Waals surface area contributed by atoms with Gasteiger partial charge in [0.05, 0.1) is 7.11 Å². The van der Waals surface area contributed by atoms with Crippen LogP contribution in [-0.2, 0) is 6.42 Å². The SMILES string of the molecule is C=C[C@H](Cc1cccc(OC)c1)C[C@@H](C)CC(=O)n1ccnc1. The Labute approximate surface area is 137 Å². The number of hydrogen-bond acceptors (Lipinski definition) is 3. The summed E-state index contributed by atoms with van der Waals surface area (Å²) in [6.45, 7) is 6.06. The molecule has 1 aromatic heterocycles. The molecule has 4 nitrogen and oxygen atoms in total. The predicted octanol–water partition coefficient (Wildman–Crippen LogP) is 3.99. The summed E-state index contributed by atoms with van der Waals surface area (Å²) in [6, 6.07) is 8.09. The minimum atomic E-state index is 0.0826. The highest BCUT2D eigenvalue weighted by atomic mass is 16.5. The molecule has 0 saturated carbocycles. The van der Waals surface area contributed by atoms with E-state index in [1.165, 1.54) is 5.56 Å². The van der Waals surface area contributed by atoms with Crippen molar-refractivity contribution in [1.29, 1.82) is 0 Å². The Bertz CT molecular complexity index is 635. The lowest BCUT2D eigenvalue weighted by atomic mass is 9.88. The third-order valence-corrected chi connectivity index (χ3v) is 3.99. The maximum absolute atomic E-state index is 12.1. The van der Waals surface area contributed by atoms with Crippen LogP contribution in [0.3, 0.4) is 0 Å². The van der Waals surface area contributed by atoms with Crippen LogP contribution in [0.1, 0.15) is 30.1 Å². The monoisotopic (exact) mass is 312 g/mol. The van der Waals surface area contributed by atoms with E-state index in [1.807, 2.05) is 18.2 Å². The summed E-state index contributed by atoms with van der Waals surface area (Å²) in [4.78, 5) is 16.0. The number of imidazole rings is 1. The molecule has 2 atom stereocenters. The molecular weight excluding hydrogens is 288 g/mol. The lowest BCUT2D eigenvalue weighted by molar-refractivity contribution is 0.0878. The van der Waals surface area contributed by atoms with E-state index in [0.717, 1.165) is 18.6 Å². The molecule has 1 aromatic carbocycles. The zero-order chi connectivity index (χ0) is 16.7. The van der Waals surface area contributed by atoms with Crippen molar-refractivity contribution >= 4 is 5.91 Å². The summed E-state index contributed by atoms with van der Waals surface area (Å²) in [5, 5.41) is 0. The van der Waals surface area contributed by atoms with Gasteiger partial charge in [-0.1, -0.05) is 25.1 Å². The van der Waals surface area contributed by atoms with Gasteiger partial charge in [-0.25, -0.2) is 4.98 Å². The number of ether oxygens (including phenoxy) is 1. The lowest BCUT2D eigenvalue weighted by Crippen LogP contribution is -2.15. The van der Waals surface area contributed by atoms with Crippen molar-refractivity contribution in [2.45, 2.75) is 26.2 Å². The molecule has 1 heterocycles. The molecule has 0 bridgehead atoms.